The first kappa shape index (κ1) is 14.3. The molecule has 1 aliphatic heterocycles. The van der Waals surface area contributed by atoms with Gasteiger partial charge >= 0.3 is 5.97 Å². The largest absolute Gasteiger partial charge is 0.466 e. The van der Waals surface area contributed by atoms with E-state index in [0.29, 0.717) is 12.6 Å². The normalized spacial score (nSPS) is 20.6. The summed E-state index contributed by atoms with van der Waals surface area (Å²) in [6.45, 7) is 7.54. The molecule has 0 saturated carbocycles. The Balaban J connectivity index is 1.98. The first-order valence-corrected chi connectivity index (χ1v) is 7.53. The Labute approximate surface area is 118 Å². The number of thiazole rings is 1. The van der Waals surface area contributed by atoms with Crippen molar-refractivity contribution >= 4 is 22.4 Å². The molecule has 106 valence electrons. The van der Waals surface area contributed by atoms with Crippen molar-refractivity contribution in [1.82, 2.24) is 9.88 Å². The minimum atomic E-state index is -0.203. The van der Waals surface area contributed by atoms with Crippen molar-refractivity contribution < 1.29 is 9.53 Å². The summed E-state index contributed by atoms with van der Waals surface area (Å²) in [5, 5.41) is 2.97. The van der Waals surface area contributed by atoms with Gasteiger partial charge in [-0.05, 0) is 20.9 Å². The van der Waals surface area contributed by atoms with Crippen molar-refractivity contribution in [2.45, 2.75) is 26.3 Å². The summed E-state index contributed by atoms with van der Waals surface area (Å²) in [5.41, 5.74) is 0.810. The van der Waals surface area contributed by atoms with Gasteiger partial charge in [0.1, 0.15) is 0 Å². The second kappa shape index (κ2) is 6.34. The van der Waals surface area contributed by atoms with Crippen LogP contribution in [0, 0.1) is 0 Å². The number of carbonyl (C=O) groups is 1. The summed E-state index contributed by atoms with van der Waals surface area (Å²) in [7, 11) is 2.14. The van der Waals surface area contributed by atoms with E-state index in [0.717, 1.165) is 30.5 Å². The van der Waals surface area contributed by atoms with Crippen LogP contribution in [0.5, 0.6) is 0 Å². The predicted octanol–water partition coefficient (Wildman–Crippen LogP) is 1.39. The molecule has 1 saturated heterocycles. The standard InChI is InChI=1S/C13H21N3O2S/c1-4-18-12(17)7-11-9-19-13(14-11)16-6-5-15(3)8-10(16)2/h9-10H,4-8H2,1-3H3. The fourth-order valence-corrected chi connectivity index (χ4v) is 3.25. The van der Waals surface area contributed by atoms with E-state index < -0.39 is 0 Å². The van der Waals surface area contributed by atoms with Gasteiger partial charge in [-0.3, -0.25) is 4.79 Å². The van der Waals surface area contributed by atoms with Crippen molar-refractivity contribution in [3.63, 3.8) is 0 Å². The number of aromatic nitrogens is 1. The Morgan fingerprint density at radius 1 is 1.58 bits per heavy atom. The molecule has 0 spiro atoms. The van der Waals surface area contributed by atoms with Crippen LogP contribution in [0.2, 0.25) is 0 Å². The number of anilines is 1. The smallest absolute Gasteiger partial charge is 0.311 e. The first-order valence-electron chi connectivity index (χ1n) is 6.65. The van der Waals surface area contributed by atoms with Crippen LogP contribution < -0.4 is 4.90 Å². The Morgan fingerprint density at radius 2 is 2.37 bits per heavy atom. The van der Waals surface area contributed by atoms with Crippen LogP contribution >= 0.6 is 11.3 Å². The fourth-order valence-electron chi connectivity index (χ4n) is 2.29. The van der Waals surface area contributed by atoms with Gasteiger partial charge in [0.05, 0.1) is 18.7 Å². The Kier molecular flexibility index (Phi) is 4.76. The molecule has 0 bridgehead atoms. The molecule has 1 aromatic rings. The average molecular weight is 283 g/mol. The third-order valence-corrected chi connectivity index (χ3v) is 4.17. The van der Waals surface area contributed by atoms with Gasteiger partial charge in [0, 0.05) is 31.1 Å². The van der Waals surface area contributed by atoms with Gasteiger partial charge in [-0.15, -0.1) is 11.3 Å². The summed E-state index contributed by atoms with van der Waals surface area (Å²) < 4.78 is 4.94. The number of hydrogen-bond donors (Lipinski definition) is 0. The maximum atomic E-state index is 11.4. The molecule has 1 aromatic heterocycles. The van der Waals surface area contributed by atoms with Crippen LogP contribution in [-0.4, -0.2) is 55.2 Å². The number of esters is 1. The molecule has 1 aliphatic rings. The summed E-state index contributed by atoms with van der Waals surface area (Å²) in [4.78, 5) is 20.6. The molecule has 19 heavy (non-hydrogen) atoms. The van der Waals surface area contributed by atoms with Gasteiger partial charge in [-0.25, -0.2) is 4.98 Å². The van der Waals surface area contributed by atoms with E-state index in [2.05, 4.69) is 28.8 Å². The summed E-state index contributed by atoms with van der Waals surface area (Å²) >= 11 is 1.61. The topological polar surface area (TPSA) is 45.7 Å². The quantitative estimate of drug-likeness (QED) is 0.781. The zero-order valence-electron chi connectivity index (χ0n) is 11.8. The molecule has 2 heterocycles. The van der Waals surface area contributed by atoms with Crippen LogP contribution in [0.15, 0.2) is 5.38 Å². The van der Waals surface area contributed by atoms with E-state index in [9.17, 15) is 4.79 Å². The van der Waals surface area contributed by atoms with Crippen LogP contribution in [0.25, 0.3) is 0 Å². The molecular weight excluding hydrogens is 262 g/mol. The predicted molar refractivity (Wildman–Crippen MR) is 76.8 cm³/mol. The van der Waals surface area contributed by atoms with Crippen LogP contribution in [0.4, 0.5) is 5.13 Å². The molecule has 0 aromatic carbocycles. The zero-order valence-corrected chi connectivity index (χ0v) is 12.6. The number of likely N-dealkylation sites (N-methyl/N-ethyl adjacent to an activating group) is 1. The van der Waals surface area contributed by atoms with Crippen LogP contribution in [0.3, 0.4) is 0 Å². The minimum absolute atomic E-state index is 0.203. The van der Waals surface area contributed by atoms with Gasteiger partial charge in [-0.2, -0.15) is 0 Å². The number of rotatable bonds is 4. The summed E-state index contributed by atoms with van der Waals surface area (Å²) in [6.07, 6.45) is 0.270. The van der Waals surface area contributed by atoms with Gasteiger partial charge in [-0.1, -0.05) is 0 Å². The molecule has 0 radical (unpaired) electrons. The molecule has 0 N–H and O–H groups in total. The number of carbonyl (C=O) groups excluding carboxylic acids is 1. The van der Waals surface area contributed by atoms with E-state index in [1.165, 1.54) is 0 Å². The Hall–Kier alpha value is -1.14. The number of hydrogen-bond acceptors (Lipinski definition) is 6. The molecule has 0 aliphatic carbocycles. The lowest BCUT2D eigenvalue weighted by Crippen LogP contribution is -2.50. The van der Waals surface area contributed by atoms with Gasteiger partial charge in [0.25, 0.3) is 0 Å². The van der Waals surface area contributed by atoms with E-state index in [4.69, 9.17) is 4.74 Å². The van der Waals surface area contributed by atoms with Gasteiger partial charge in [0.2, 0.25) is 0 Å². The maximum absolute atomic E-state index is 11.4. The highest BCUT2D eigenvalue weighted by Crippen LogP contribution is 2.24. The first-order chi connectivity index (χ1) is 9.10. The van der Waals surface area contributed by atoms with Crippen LogP contribution in [0.1, 0.15) is 19.5 Å². The molecule has 5 nitrogen and oxygen atoms in total. The monoisotopic (exact) mass is 283 g/mol. The molecule has 1 atom stereocenters. The SMILES string of the molecule is CCOC(=O)Cc1csc(N2CCN(C)CC2C)n1. The third kappa shape index (κ3) is 3.67. The van der Waals surface area contributed by atoms with Crippen molar-refractivity contribution in [3.8, 4) is 0 Å². The van der Waals surface area contributed by atoms with E-state index in [1.54, 1.807) is 11.3 Å². The van der Waals surface area contributed by atoms with Crippen molar-refractivity contribution in [1.29, 1.82) is 0 Å². The molecule has 2 rings (SSSR count). The lowest BCUT2D eigenvalue weighted by atomic mass is 10.2. The summed E-state index contributed by atoms with van der Waals surface area (Å²) in [5.74, 6) is -0.203. The number of nitrogens with zero attached hydrogens (tertiary/aromatic N) is 3. The maximum Gasteiger partial charge on any atom is 0.311 e. The second-order valence-electron chi connectivity index (χ2n) is 4.91. The Morgan fingerprint density at radius 3 is 3.05 bits per heavy atom. The average Bonchev–Trinajstić information content (AvgIpc) is 2.77. The summed E-state index contributed by atoms with van der Waals surface area (Å²) in [6, 6.07) is 0.459. The van der Waals surface area contributed by atoms with Gasteiger partial charge < -0.3 is 14.5 Å². The second-order valence-corrected chi connectivity index (χ2v) is 5.74. The lowest BCUT2D eigenvalue weighted by molar-refractivity contribution is -0.142. The van der Waals surface area contributed by atoms with Crippen molar-refractivity contribution in [3.05, 3.63) is 11.1 Å². The van der Waals surface area contributed by atoms with Crippen molar-refractivity contribution in [2.75, 3.05) is 38.2 Å². The van der Waals surface area contributed by atoms with E-state index in [1.807, 2.05) is 12.3 Å². The lowest BCUT2D eigenvalue weighted by Gasteiger charge is -2.38. The molecule has 6 heteroatoms. The minimum Gasteiger partial charge on any atom is -0.466 e. The highest BCUT2D eigenvalue weighted by Gasteiger charge is 2.24. The molecule has 0 amide bonds. The molecule has 1 fully saturated rings. The van der Waals surface area contributed by atoms with E-state index in [-0.39, 0.29) is 12.4 Å². The zero-order chi connectivity index (χ0) is 13.8. The van der Waals surface area contributed by atoms with Crippen LogP contribution in [-0.2, 0) is 16.0 Å². The molecule has 1 unspecified atom stereocenters. The van der Waals surface area contributed by atoms with Crippen molar-refractivity contribution in [2.24, 2.45) is 0 Å². The Bertz CT molecular complexity index is 435. The number of ether oxygens (including phenoxy) is 1. The number of piperazine rings is 1. The van der Waals surface area contributed by atoms with Gasteiger partial charge in [0.15, 0.2) is 5.13 Å². The highest BCUT2D eigenvalue weighted by atomic mass is 32.1. The fraction of sp³-hybridized carbons (Fsp3) is 0.692. The molecular formula is C13H21N3O2S. The third-order valence-electron chi connectivity index (χ3n) is 3.25. The highest BCUT2D eigenvalue weighted by molar-refractivity contribution is 7.13. The van der Waals surface area contributed by atoms with E-state index >= 15 is 0 Å².